The maximum atomic E-state index is 12.2. The molecular formula is C20H23N3O4. The summed E-state index contributed by atoms with van der Waals surface area (Å²) in [6.07, 6.45) is 0. The maximum absolute atomic E-state index is 12.2. The molecule has 27 heavy (non-hydrogen) atoms. The summed E-state index contributed by atoms with van der Waals surface area (Å²) in [7, 11) is 3.79. The molecule has 0 fully saturated rings. The minimum Gasteiger partial charge on any atom is -0.478 e. The van der Waals surface area contributed by atoms with Crippen LogP contribution in [-0.2, 0) is 9.59 Å². The van der Waals surface area contributed by atoms with E-state index in [0.29, 0.717) is 11.3 Å². The number of rotatable bonds is 6. The van der Waals surface area contributed by atoms with Crippen LogP contribution in [0.15, 0.2) is 48.5 Å². The van der Waals surface area contributed by atoms with Crippen LogP contribution in [0, 0.1) is 6.92 Å². The molecule has 2 rings (SSSR count). The minimum atomic E-state index is -1.10. The highest BCUT2D eigenvalue weighted by Gasteiger charge is 2.19. The number of carboxylic acids is 1. The van der Waals surface area contributed by atoms with Gasteiger partial charge in [-0.3, -0.25) is 9.59 Å². The third kappa shape index (κ3) is 5.39. The second-order valence-electron chi connectivity index (χ2n) is 6.39. The molecule has 2 aromatic carbocycles. The maximum Gasteiger partial charge on any atom is 0.335 e. The lowest BCUT2D eigenvalue weighted by Crippen LogP contribution is -2.40. The number of likely N-dealkylation sites (N-methyl/N-ethyl adjacent to an activating group) is 1. The summed E-state index contributed by atoms with van der Waals surface area (Å²) in [5, 5.41) is 14.2. The number of aryl methyl sites for hydroxylation is 1. The van der Waals surface area contributed by atoms with Crippen LogP contribution in [0.2, 0.25) is 0 Å². The highest BCUT2D eigenvalue weighted by Crippen LogP contribution is 2.18. The zero-order chi connectivity index (χ0) is 20.0. The molecule has 0 aromatic heterocycles. The predicted octanol–water partition coefficient (Wildman–Crippen LogP) is 2.05. The Balaban J connectivity index is 2.02. The van der Waals surface area contributed by atoms with Crippen molar-refractivity contribution in [2.75, 3.05) is 26.0 Å². The molecule has 7 heteroatoms. The molecule has 0 saturated carbocycles. The van der Waals surface area contributed by atoms with Crippen LogP contribution in [0.5, 0.6) is 0 Å². The number of carbonyl (C=O) groups excluding carboxylic acids is 2. The fourth-order valence-electron chi connectivity index (χ4n) is 2.61. The standard InChI is InChI=1S/C20H23N3O4/c1-13-9-10-15(20(26)27)11-16(13)22-19(25)18(24)21-12-17(23(2)3)14-7-5-4-6-8-14/h4-11,17H,12H2,1-3H3,(H,21,24)(H,22,25)(H,26,27)/t17-/m0/s1. The molecular weight excluding hydrogens is 346 g/mol. The minimum absolute atomic E-state index is 0.0352. The first-order chi connectivity index (χ1) is 12.8. The number of hydrogen-bond donors (Lipinski definition) is 3. The van der Waals surface area contributed by atoms with E-state index in [4.69, 9.17) is 5.11 Å². The number of aromatic carboxylic acids is 1. The van der Waals surface area contributed by atoms with Crippen LogP contribution in [0.1, 0.15) is 27.5 Å². The number of hydrogen-bond acceptors (Lipinski definition) is 4. The first-order valence-corrected chi connectivity index (χ1v) is 8.44. The van der Waals surface area contributed by atoms with Gasteiger partial charge in [-0.1, -0.05) is 36.4 Å². The van der Waals surface area contributed by atoms with Crippen molar-refractivity contribution >= 4 is 23.5 Å². The van der Waals surface area contributed by atoms with Crippen molar-refractivity contribution in [2.45, 2.75) is 13.0 Å². The molecule has 0 bridgehead atoms. The predicted molar refractivity (Wildman–Crippen MR) is 103 cm³/mol. The fourth-order valence-corrected chi connectivity index (χ4v) is 2.61. The molecule has 0 aliphatic rings. The largest absolute Gasteiger partial charge is 0.478 e. The number of anilines is 1. The number of nitrogens with zero attached hydrogens (tertiary/aromatic N) is 1. The lowest BCUT2D eigenvalue weighted by molar-refractivity contribution is -0.136. The number of nitrogens with one attached hydrogen (secondary N) is 2. The smallest absolute Gasteiger partial charge is 0.335 e. The quantitative estimate of drug-likeness (QED) is 0.677. The topological polar surface area (TPSA) is 98.7 Å². The summed E-state index contributed by atoms with van der Waals surface area (Å²) in [4.78, 5) is 37.4. The zero-order valence-corrected chi connectivity index (χ0v) is 15.5. The number of amides is 2. The third-order valence-electron chi connectivity index (χ3n) is 4.20. The van der Waals surface area contributed by atoms with E-state index in [1.165, 1.54) is 12.1 Å². The Morgan fingerprint density at radius 3 is 2.30 bits per heavy atom. The van der Waals surface area contributed by atoms with Crippen LogP contribution in [0.25, 0.3) is 0 Å². The molecule has 142 valence electrons. The third-order valence-corrected chi connectivity index (χ3v) is 4.20. The van der Waals surface area contributed by atoms with Crippen molar-refractivity contribution in [1.82, 2.24) is 10.2 Å². The number of carboxylic acid groups (broad SMARTS) is 1. The van der Waals surface area contributed by atoms with E-state index in [0.717, 1.165) is 5.56 Å². The normalized spacial score (nSPS) is 11.7. The van der Waals surface area contributed by atoms with E-state index in [1.54, 1.807) is 13.0 Å². The number of carbonyl (C=O) groups is 3. The molecule has 0 radical (unpaired) electrons. The van der Waals surface area contributed by atoms with Crippen molar-refractivity contribution in [3.8, 4) is 0 Å². The highest BCUT2D eigenvalue weighted by molar-refractivity contribution is 6.39. The Hall–Kier alpha value is -3.19. The van der Waals surface area contributed by atoms with Crippen LogP contribution < -0.4 is 10.6 Å². The summed E-state index contributed by atoms with van der Waals surface area (Å²) in [6.45, 7) is 1.98. The van der Waals surface area contributed by atoms with Gasteiger partial charge in [0.15, 0.2) is 0 Å². The van der Waals surface area contributed by atoms with Gasteiger partial charge in [0, 0.05) is 12.2 Å². The van der Waals surface area contributed by atoms with Gasteiger partial charge in [-0.2, -0.15) is 0 Å². The van der Waals surface area contributed by atoms with Crippen molar-refractivity contribution < 1.29 is 19.5 Å². The van der Waals surface area contributed by atoms with Gasteiger partial charge in [0.1, 0.15) is 0 Å². The summed E-state index contributed by atoms with van der Waals surface area (Å²) < 4.78 is 0. The van der Waals surface area contributed by atoms with Gasteiger partial charge in [0.25, 0.3) is 0 Å². The molecule has 0 unspecified atom stereocenters. The van der Waals surface area contributed by atoms with Crippen molar-refractivity contribution in [3.05, 3.63) is 65.2 Å². The Morgan fingerprint density at radius 1 is 1.04 bits per heavy atom. The first-order valence-electron chi connectivity index (χ1n) is 8.44. The second-order valence-corrected chi connectivity index (χ2v) is 6.39. The fraction of sp³-hybridized carbons (Fsp3) is 0.250. The summed E-state index contributed by atoms with van der Waals surface area (Å²) in [5.41, 5.74) is 2.01. The summed E-state index contributed by atoms with van der Waals surface area (Å²) in [5.74, 6) is -2.73. The van der Waals surface area contributed by atoms with Gasteiger partial charge in [0.2, 0.25) is 0 Å². The SMILES string of the molecule is Cc1ccc(C(=O)O)cc1NC(=O)C(=O)NC[C@@H](c1ccccc1)N(C)C. The molecule has 0 heterocycles. The lowest BCUT2D eigenvalue weighted by Gasteiger charge is -2.25. The Morgan fingerprint density at radius 2 is 1.70 bits per heavy atom. The van der Waals surface area contributed by atoms with Crippen LogP contribution >= 0.6 is 0 Å². The molecule has 0 aliphatic heterocycles. The molecule has 0 saturated heterocycles. The van der Waals surface area contributed by atoms with E-state index in [-0.39, 0.29) is 18.2 Å². The van der Waals surface area contributed by atoms with E-state index < -0.39 is 17.8 Å². The van der Waals surface area contributed by atoms with Crippen LogP contribution in [0.3, 0.4) is 0 Å². The highest BCUT2D eigenvalue weighted by atomic mass is 16.4. The van der Waals surface area contributed by atoms with Crippen LogP contribution in [0.4, 0.5) is 5.69 Å². The van der Waals surface area contributed by atoms with E-state index >= 15 is 0 Å². The first kappa shape index (κ1) is 20.1. The summed E-state index contributed by atoms with van der Waals surface area (Å²) >= 11 is 0. The van der Waals surface area contributed by atoms with Crippen molar-refractivity contribution in [2.24, 2.45) is 0 Å². The zero-order valence-electron chi connectivity index (χ0n) is 15.5. The average molecular weight is 369 g/mol. The Labute approximate surface area is 158 Å². The van der Waals surface area contributed by atoms with E-state index in [1.807, 2.05) is 49.3 Å². The molecule has 2 amide bonds. The molecule has 0 aliphatic carbocycles. The van der Waals surface area contributed by atoms with Gasteiger partial charge in [0.05, 0.1) is 11.6 Å². The monoisotopic (exact) mass is 369 g/mol. The van der Waals surface area contributed by atoms with Crippen molar-refractivity contribution in [1.29, 1.82) is 0 Å². The van der Waals surface area contributed by atoms with Gasteiger partial charge >= 0.3 is 17.8 Å². The molecule has 0 spiro atoms. The van der Waals surface area contributed by atoms with Gasteiger partial charge in [-0.15, -0.1) is 0 Å². The van der Waals surface area contributed by atoms with Gasteiger partial charge in [-0.25, -0.2) is 4.79 Å². The molecule has 3 N–H and O–H groups in total. The average Bonchev–Trinajstić information content (AvgIpc) is 2.63. The van der Waals surface area contributed by atoms with Crippen molar-refractivity contribution in [3.63, 3.8) is 0 Å². The Kier molecular flexibility index (Phi) is 6.67. The van der Waals surface area contributed by atoms with Crippen LogP contribution in [-0.4, -0.2) is 48.4 Å². The van der Waals surface area contributed by atoms with Gasteiger partial charge < -0.3 is 20.6 Å². The summed E-state index contributed by atoms with van der Waals surface area (Å²) in [6, 6.07) is 13.9. The van der Waals surface area contributed by atoms with Gasteiger partial charge in [-0.05, 0) is 44.3 Å². The molecule has 2 aromatic rings. The second kappa shape index (κ2) is 8.95. The number of benzene rings is 2. The lowest BCUT2D eigenvalue weighted by atomic mass is 10.1. The van der Waals surface area contributed by atoms with E-state index in [2.05, 4.69) is 10.6 Å². The van der Waals surface area contributed by atoms with E-state index in [9.17, 15) is 14.4 Å². The molecule has 7 nitrogen and oxygen atoms in total. The Bertz CT molecular complexity index is 834. The molecule has 1 atom stereocenters.